The minimum absolute atomic E-state index is 0.0385. The van der Waals surface area contributed by atoms with E-state index in [0.717, 1.165) is 5.56 Å². The van der Waals surface area contributed by atoms with Crippen LogP contribution in [0.2, 0.25) is 0 Å². The number of nitrogens with zero attached hydrogens (tertiary/aromatic N) is 2. The largest absolute Gasteiger partial charge is 0.514 e. The number of carbonyl (C=O) groups is 1. The summed E-state index contributed by atoms with van der Waals surface area (Å²) < 4.78 is 9.79. The molecule has 7 heteroatoms. The van der Waals surface area contributed by atoms with Gasteiger partial charge in [0.15, 0.2) is 0 Å². The van der Waals surface area contributed by atoms with Gasteiger partial charge in [-0.1, -0.05) is 18.7 Å². The van der Waals surface area contributed by atoms with Crippen molar-refractivity contribution in [3.05, 3.63) is 70.5 Å². The quantitative estimate of drug-likeness (QED) is 0.364. The van der Waals surface area contributed by atoms with Crippen molar-refractivity contribution in [3.8, 4) is 5.75 Å². The molecule has 0 bridgehead atoms. The van der Waals surface area contributed by atoms with Crippen LogP contribution in [0.15, 0.2) is 49.2 Å². The Morgan fingerprint density at radius 1 is 1.27 bits per heavy atom. The van der Waals surface area contributed by atoms with Gasteiger partial charge >= 0.3 is 6.16 Å². The number of hydrogen-bond donors (Lipinski definition) is 0. The van der Waals surface area contributed by atoms with Crippen LogP contribution in [0.1, 0.15) is 11.3 Å². The van der Waals surface area contributed by atoms with E-state index in [-0.39, 0.29) is 18.0 Å². The lowest BCUT2D eigenvalue weighted by atomic mass is 10.2. The van der Waals surface area contributed by atoms with Crippen LogP contribution in [0.4, 0.5) is 10.5 Å². The fraction of sp³-hybridized carbons (Fsp3) is 0.0667. The van der Waals surface area contributed by atoms with Crippen LogP contribution in [-0.2, 0) is 11.3 Å². The molecule has 0 unspecified atom stereocenters. The summed E-state index contributed by atoms with van der Waals surface area (Å²) >= 11 is 0. The highest BCUT2D eigenvalue weighted by molar-refractivity contribution is 5.64. The molecule has 112 valence electrons. The van der Waals surface area contributed by atoms with Crippen molar-refractivity contribution in [2.45, 2.75) is 6.61 Å². The third kappa shape index (κ3) is 4.14. The summed E-state index contributed by atoms with van der Waals surface area (Å²) in [6.07, 6.45) is 2.34. The molecule has 0 fully saturated rings. The highest BCUT2D eigenvalue weighted by Crippen LogP contribution is 2.17. The SMILES string of the molecule is C=Cc1ccc(COC(=O)Oc2ccc([N+](=O)[O-])cc2)nc1. The minimum atomic E-state index is -0.913. The number of benzene rings is 1. The highest BCUT2D eigenvalue weighted by Gasteiger charge is 2.09. The molecule has 0 radical (unpaired) electrons. The average Bonchev–Trinajstić information content (AvgIpc) is 2.54. The summed E-state index contributed by atoms with van der Waals surface area (Å²) in [4.78, 5) is 25.5. The van der Waals surface area contributed by atoms with E-state index in [0.29, 0.717) is 5.69 Å². The molecular weight excluding hydrogens is 288 g/mol. The zero-order valence-corrected chi connectivity index (χ0v) is 11.5. The second kappa shape index (κ2) is 6.98. The van der Waals surface area contributed by atoms with E-state index < -0.39 is 11.1 Å². The number of rotatable bonds is 5. The predicted molar refractivity (Wildman–Crippen MR) is 78.2 cm³/mol. The lowest BCUT2D eigenvalue weighted by Gasteiger charge is -2.05. The van der Waals surface area contributed by atoms with Gasteiger partial charge < -0.3 is 9.47 Å². The Labute approximate surface area is 126 Å². The van der Waals surface area contributed by atoms with Gasteiger partial charge in [-0.25, -0.2) is 4.79 Å². The highest BCUT2D eigenvalue weighted by atomic mass is 16.7. The number of nitro groups is 1. The van der Waals surface area contributed by atoms with Crippen molar-refractivity contribution in [1.82, 2.24) is 4.98 Å². The van der Waals surface area contributed by atoms with Gasteiger partial charge in [-0.2, -0.15) is 0 Å². The summed E-state index contributed by atoms with van der Waals surface area (Å²) in [5, 5.41) is 10.5. The van der Waals surface area contributed by atoms with E-state index in [1.807, 2.05) is 0 Å². The maximum Gasteiger partial charge on any atom is 0.514 e. The Kier molecular flexibility index (Phi) is 4.81. The Morgan fingerprint density at radius 2 is 2.00 bits per heavy atom. The van der Waals surface area contributed by atoms with E-state index in [2.05, 4.69) is 11.6 Å². The van der Waals surface area contributed by atoms with Gasteiger partial charge in [-0.3, -0.25) is 15.1 Å². The van der Waals surface area contributed by atoms with E-state index in [1.165, 1.54) is 24.3 Å². The van der Waals surface area contributed by atoms with Crippen molar-refractivity contribution >= 4 is 17.9 Å². The molecule has 0 aliphatic heterocycles. The van der Waals surface area contributed by atoms with Crippen LogP contribution in [0, 0.1) is 10.1 Å². The number of pyridine rings is 1. The second-order valence-corrected chi connectivity index (χ2v) is 4.18. The van der Waals surface area contributed by atoms with Gasteiger partial charge in [0.2, 0.25) is 0 Å². The average molecular weight is 300 g/mol. The van der Waals surface area contributed by atoms with Crippen molar-refractivity contribution in [2.75, 3.05) is 0 Å². The van der Waals surface area contributed by atoms with Gasteiger partial charge in [-0.05, 0) is 23.8 Å². The molecule has 0 aliphatic rings. The van der Waals surface area contributed by atoms with Crippen molar-refractivity contribution in [3.63, 3.8) is 0 Å². The van der Waals surface area contributed by atoms with Gasteiger partial charge in [-0.15, -0.1) is 0 Å². The number of ether oxygens (including phenoxy) is 2. The fourth-order valence-electron chi connectivity index (χ4n) is 1.54. The molecule has 0 saturated carbocycles. The first-order chi connectivity index (χ1) is 10.6. The van der Waals surface area contributed by atoms with Gasteiger partial charge in [0, 0.05) is 18.3 Å². The van der Waals surface area contributed by atoms with Crippen LogP contribution in [0.3, 0.4) is 0 Å². The van der Waals surface area contributed by atoms with Crippen LogP contribution >= 0.6 is 0 Å². The van der Waals surface area contributed by atoms with Crippen LogP contribution in [0.5, 0.6) is 5.75 Å². The first-order valence-electron chi connectivity index (χ1n) is 6.25. The Balaban J connectivity index is 1.86. The molecule has 1 aromatic carbocycles. The minimum Gasteiger partial charge on any atom is -0.427 e. The first kappa shape index (κ1) is 15.2. The molecule has 2 rings (SSSR count). The Bertz CT molecular complexity index is 680. The number of non-ortho nitro benzene ring substituents is 1. The molecule has 22 heavy (non-hydrogen) atoms. The number of hydrogen-bond acceptors (Lipinski definition) is 6. The van der Waals surface area contributed by atoms with Gasteiger partial charge in [0.1, 0.15) is 12.4 Å². The fourth-order valence-corrected chi connectivity index (χ4v) is 1.54. The summed E-state index contributed by atoms with van der Waals surface area (Å²) in [5.41, 5.74) is 1.33. The predicted octanol–water partition coefficient (Wildman–Crippen LogP) is 3.35. The molecule has 1 aromatic heterocycles. The topological polar surface area (TPSA) is 91.6 Å². The molecular formula is C15H12N2O5. The standard InChI is InChI=1S/C15H12N2O5/c1-2-11-3-4-12(16-9-11)10-21-15(18)22-14-7-5-13(6-8-14)17(19)20/h2-9H,1,10H2. The van der Waals surface area contributed by atoms with E-state index in [4.69, 9.17) is 9.47 Å². The van der Waals surface area contributed by atoms with Crippen molar-refractivity contribution in [1.29, 1.82) is 0 Å². The molecule has 0 saturated heterocycles. The molecule has 7 nitrogen and oxygen atoms in total. The zero-order chi connectivity index (χ0) is 15.9. The zero-order valence-electron chi connectivity index (χ0n) is 11.5. The number of nitro benzene ring substituents is 1. The van der Waals surface area contributed by atoms with E-state index >= 15 is 0 Å². The normalized spacial score (nSPS) is 9.82. The third-order valence-corrected chi connectivity index (χ3v) is 2.67. The number of aromatic nitrogens is 1. The molecule has 1 heterocycles. The van der Waals surface area contributed by atoms with Gasteiger partial charge in [0.25, 0.3) is 5.69 Å². The monoisotopic (exact) mass is 300 g/mol. The molecule has 2 aromatic rings. The first-order valence-corrected chi connectivity index (χ1v) is 6.25. The molecule has 0 aliphatic carbocycles. The van der Waals surface area contributed by atoms with Crippen LogP contribution in [-0.4, -0.2) is 16.1 Å². The van der Waals surface area contributed by atoms with Gasteiger partial charge in [0.05, 0.1) is 10.6 Å². The lowest BCUT2D eigenvalue weighted by molar-refractivity contribution is -0.384. The number of carbonyl (C=O) groups excluding carboxylic acids is 1. The molecule has 0 spiro atoms. The smallest absolute Gasteiger partial charge is 0.427 e. The van der Waals surface area contributed by atoms with Crippen LogP contribution in [0.25, 0.3) is 6.08 Å². The maximum absolute atomic E-state index is 11.5. The molecule has 0 amide bonds. The lowest BCUT2D eigenvalue weighted by Crippen LogP contribution is -2.11. The van der Waals surface area contributed by atoms with E-state index in [1.54, 1.807) is 24.4 Å². The Hall–Kier alpha value is -3.22. The van der Waals surface area contributed by atoms with Crippen molar-refractivity contribution < 1.29 is 19.2 Å². The van der Waals surface area contributed by atoms with Crippen molar-refractivity contribution in [2.24, 2.45) is 0 Å². The van der Waals surface area contributed by atoms with Crippen LogP contribution < -0.4 is 4.74 Å². The summed E-state index contributed by atoms with van der Waals surface area (Å²) in [5.74, 6) is 0.158. The Morgan fingerprint density at radius 3 is 2.55 bits per heavy atom. The molecule has 0 atom stereocenters. The maximum atomic E-state index is 11.5. The summed E-state index contributed by atoms with van der Waals surface area (Å²) in [6.45, 7) is 3.57. The second-order valence-electron chi connectivity index (χ2n) is 4.18. The summed E-state index contributed by atoms with van der Waals surface area (Å²) in [7, 11) is 0. The third-order valence-electron chi connectivity index (χ3n) is 2.67. The van der Waals surface area contributed by atoms with E-state index in [9.17, 15) is 14.9 Å². The summed E-state index contributed by atoms with van der Waals surface area (Å²) in [6, 6.07) is 8.60. The molecule has 0 N–H and O–H groups in total.